The molecule has 0 saturated carbocycles. The Bertz CT molecular complexity index is 686. The van der Waals surface area contributed by atoms with Crippen LogP contribution in [-0.2, 0) is 32.0 Å². The summed E-state index contributed by atoms with van der Waals surface area (Å²) >= 11 is 0. The number of amides is 2. The number of nitrogens with one attached hydrogen (secondary N) is 1. The van der Waals surface area contributed by atoms with Gasteiger partial charge in [-0.1, -0.05) is 24.3 Å². The van der Waals surface area contributed by atoms with Gasteiger partial charge in [0.1, 0.15) is 6.54 Å². The average molecular weight is 346 g/mol. The number of aliphatic carboxylic acids is 1. The van der Waals surface area contributed by atoms with Gasteiger partial charge in [-0.2, -0.15) is 0 Å². The van der Waals surface area contributed by atoms with Gasteiger partial charge < -0.3 is 15.3 Å². The van der Waals surface area contributed by atoms with Gasteiger partial charge in [0.05, 0.1) is 18.9 Å². The highest BCUT2D eigenvalue weighted by Crippen LogP contribution is 2.20. The lowest BCUT2D eigenvalue weighted by Gasteiger charge is -2.23. The fourth-order valence-electron chi connectivity index (χ4n) is 3.06. The van der Waals surface area contributed by atoms with Gasteiger partial charge in [-0.05, 0) is 30.9 Å². The van der Waals surface area contributed by atoms with Crippen molar-refractivity contribution in [3.63, 3.8) is 0 Å². The highest BCUT2D eigenvalue weighted by molar-refractivity contribution is 5.89. The number of ketones is 1. The average Bonchev–Trinajstić information content (AvgIpc) is 3.05. The Balaban J connectivity index is 2.05. The van der Waals surface area contributed by atoms with Crippen molar-refractivity contribution in [3.05, 3.63) is 35.4 Å². The molecule has 2 N–H and O–H groups in total. The molecule has 1 aromatic carbocycles. The van der Waals surface area contributed by atoms with Crippen LogP contribution in [0.5, 0.6) is 0 Å². The first-order valence-electron chi connectivity index (χ1n) is 8.23. The Kier molecular flexibility index (Phi) is 6.27. The molecule has 25 heavy (non-hydrogen) atoms. The molecule has 7 heteroatoms. The number of benzene rings is 1. The second-order valence-electron chi connectivity index (χ2n) is 6.15. The molecule has 7 nitrogen and oxygen atoms in total. The van der Waals surface area contributed by atoms with Crippen molar-refractivity contribution in [2.45, 2.75) is 38.6 Å². The summed E-state index contributed by atoms with van der Waals surface area (Å²) in [5, 5.41) is 10.9. The quantitative estimate of drug-likeness (QED) is 0.750. The summed E-state index contributed by atoms with van der Waals surface area (Å²) in [6.07, 6.45) is 1.63. The molecule has 1 aliphatic heterocycles. The van der Waals surface area contributed by atoms with E-state index in [1.165, 1.54) is 6.92 Å². The second kappa shape index (κ2) is 8.41. The van der Waals surface area contributed by atoms with Crippen molar-refractivity contribution in [1.29, 1.82) is 0 Å². The van der Waals surface area contributed by atoms with Crippen molar-refractivity contribution in [1.82, 2.24) is 10.2 Å². The van der Waals surface area contributed by atoms with Gasteiger partial charge >= 0.3 is 5.97 Å². The van der Waals surface area contributed by atoms with E-state index in [4.69, 9.17) is 5.11 Å². The minimum Gasteiger partial charge on any atom is -0.480 e. The molecule has 0 bridgehead atoms. The van der Waals surface area contributed by atoms with Crippen molar-refractivity contribution < 1.29 is 24.3 Å². The number of nitrogens with zero attached hydrogens (tertiary/aromatic N) is 1. The van der Waals surface area contributed by atoms with Gasteiger partial charge in [-0.15, -0.1) is 0 Å². The van der Waals surface area contributed by atoms with Crippen molar-refractivity contribution >= 4 is 23.6 Å². The summed E-state index contributed by atoms with van der Waals surface area (Å²) in [6.45, 7) is 1.63. The van der Waals surface area contributed by atoms with E-state index in [2.05, 4.69) is 5.32 Å². The monoisotopic (exact) mass is 346 g/mol. The lowest BCUT2D eigenvalue weighted by atomic mass is 10.0. The largest absolute Gasteiger partial charge is 0.480 e. The third-order valence-electron chi connectivity index (χ3n) is 4.29. The van der Waals surface area contributed by atoms with Crippen LogP contribution in [0.1, 0.15) is 30.9 Å². The molecule has 0 aromatic heterocycles. The van der Waals surface area contributed by atoms with Crippen molar-refractivity contribution in [3.8, 4) is 0 Å². The summed E-state index contributed by atoms with van der Waals surface area (Å²) in [5.41, 5.74) is 1.39. The minimum atomic E-state index is -1.11. The zero-order chi connectivity index (χ0) is 18.4. The summed E-state index contributed by atoms with van der Waals surface area (Å²) in [7, 11) is 0. The molecule has 0 spiro atoms. The van der Waals surface area contributed by atoms with Crippen molar-refractivity contribution in [2.75, 3.05) is 13.1 Å². The molecular formula is C18H22N2O5. The number of Topliss-reactive ketones (excluding diaryl/α,β-unsaturated/α-hetero) is 1. The van der Waals surface area contributed by atoms with E-state index in [1.54, 1.807) is 29.2 Å². The first kappa shape index (κ1) is 18.6. The molecule has 1 heterocycles. The number of hydrogen-bond donors (Lipinski definition) is 2. The zero-order valence-electron chi connectivity index (χ0n) is 14.2. The topological polar surface area (TPSA) is 104 Å². The molecule has 0 radical (unpaired) electrons. The van der Waals surface area contributed by atoms with Crippen LogP contribution >= 0.6 is 0 Å². The lowest BCUT2D eigenvalue weighted by Crippen LogP contribution is -2.40. The highest BCUT2D eigenvalue weighted by atomic mass is 16.4. The number of carboxylic acid groups (broad SMARTS) is 1. The Hall–Kier alpha value is -2.70. The maximum Gasteiger partial charge on any atom is 0.322 e. The third kappa shape index (κ3) is 5.14. The summed E-state index contributed by atoms with van der Waals surface area (Å²) in [6, 6.07) is 6.72. The van der Waals surface area contributed by atoms with Crippen LogP contribution in [-0.4, -0.2) is 52.7 Å². The fraction of sp³-hybridized carbons (Fsp3) is 0.444. The SMILES string of the molecule is CC(=O)C1CCCN1C(=O)Cc1ccccc1CC(=O)NCC(=O)O. The Labute approximate surface area is 146 Å². The van der Waals surface area contributed by atoms with E-state index >= 15 is 0 Å². The first-order chi connectivity index (χ1) is 11.9. The number of rotatable bonds is 7. The van der Waals surface area contributed by atoms with E-state index in [1.807, 2.05) is 0 Å². The van der Waals surface area contributed by atoms with Gasteiger partial charge in [0.15, 0.2) is 5.78 Å². The molecule has 1 aliphatic rings. The highest BCUT2D eigenvalue weighted by Gasteiger charge is 2.31. The zero-order valence-corrected chi connectivity index (χ0v) is 14.2. The summed E-state index contributed by atoms with van der Waals surface area (Å²) in [4.78, 5) is 48.2. The standard InChI is InChI=1S/C18H22N2O5/c1-12(21)15-7-4-8-20(15)17(23)10-14-6-3-2-5-13(14)9-16(22)19-11-18(24)25/h2-3,5-6,15H,4,7-11H2,1H3,(H,19,22)(H,24,25). The number of carboxylic acids is 1. The predicted molar refractivity (Wildman–Crippen MR) is 89.9 cm³/mol. The van der Waals surface area contributed by atoms with Crippen LogP contribution in [0.3, 0.4) is 0 Å². The third-order valence-corrected chi connectivity index (χ3v) is 4.29. The van der Waals surface area contributed by atoms with Gasteiger partial charge in [-0.25, -0.2) is 0 Å². The smallest absolute Gasteiger partial charge is 0.322 e. The maximum absolute atomic E-state index is 12.6. The van der Waals surface area contributed by atoms with Crippen molar-refractivity contribution in [2.24, 2.45) is 0 Å². The molecule has 0 aliphatic carbocycles. The van der Waals surface area contributed by atoms with Crippen LogP contribution in [0, 0.1) is 0 Å². The summed E-state index contributed by atoms with van der Waals surface area (Å²) < 4.78 is 0. The van der Waals surface area contributed by atoms with Gasteiger partial charge in [0, 0.05) is 6.54 Å². The van der Waals surface area contributed by atoms with Crippen LogP contribution in [0.4, 0.5) is 0 Å². The van der Waals surface area contributed by atoms with E-state index < -0.39 is 18.4 Å². The number of hydrogen-bond acceptors (Lipinski definition) is 4. The molecule has 1 aromatic rings. The number of carbonyl (C=O) groups is 4. The Morgan fingerprint density at radius 3 is 2.40 bits per heavy atom. The normalized spacial score (nSPS) is 16.5. The van der Waals surface area contributed by atoms with Crippen LogP contribution < -0.4 is 5.32 Å². The van der Waals surface area contributed by atoms with Crippen LogP contribution in [0.2, 0.25) is 0 Å². The molecule has 134 valence electrons. The fourth-order valence-corrected chi connectivity index (χ4v) is 3.06. The molecule has 1 saturated heterocycles. The van der Waals surface area contributed by atoms with Crippen LogP contribution in [0.25, 0.3) is 0 Å². The number of likely N-dealkylation sites (tertiary alicyclic amines) is 1. The minimum absolute atomic E-state index is 0.00682. The Morgan fingerprint density at radius 1 is 1.16 bits per heavy atom. The van der Waals surface area contributed by atoms with Gasteiger partial charge in [-0.3, -0.25) is 19.2 Å². The lowest BCUT2D eigenvalue weighted by molar-refractivity contribution is -0.137. The molecule has 1 atom stereocenters. The van der Waals surface area contributed by atoms with E-state index in [0.717, 1.165) is 6.42 Å². The molecule has 1 unspecified atom stereocenters. The second-order valence-corrected chi connectivity index (χ2v) is 6.15. The molecule has 1 fully saturated rings. The molecule has 2 amide bonds. The predicted octanol–water partition coefficient (Wildman–Crippen LogP) is 0.552. The number of carbonyl (C=O) groups excluding carboxylic acids is 3. The summed E-state index contributed by atoms with van der Waals surface area (Å²) in [5.74, 6) is -1.66. The van der Waals surface area contributed by atoms with Gasteiger partial charge in [0.25, 0.3) is 0 Å². The molecular weight excluding hydrogens is 324 g/mol. The Morgan fingerprint density at radius 2 is 1.80 bits per heavy atom. The van der Waals surface area contributed by atoms with E-state index in [0.29, 0.717) is 24.1 Å². The van der Waals surface area contributed by atoms with E-state index in [9.17, 15) is 19.2 Å². The van der Waals surface area contributed by atoms with E-state index in [-0.39, 0.29) is 30.6 Å². The van der Waals surface area contributed by atoms with Crippen LogP contribution in [0.15, 0.2) is 24.3 Å². The molecule has 2 rings (SSSR count). The van der Waals surface area contributed by atoms with Gasteiger partial charge in [0.2, 0.25) is 11.8 Å². The first-order valence-corrected chi connectivity index (χ1v) is 8.23. The maximum atomic E-state index is 12.6.